The van der Waals surface area contributed by atoms with Crippen LogP contribution in [0.25, 0.3) is 0 Å². The van der Waals surface area contributed by atoms with Crippen LogP contribution in [-0.4, -0.2) is 17.2 Å². The van der Waals surface area contributed by atoms with Gasteiger partial charge in [-0.15, -0.1) is 0 Å². The van der Waals surface area contributed by atoms with Crippen LogP contribution in [0.5, 0.6) is 0 Å². The van der Waals surface area contributed by atoms with Gasteiger partial charge in [0.2, 0.25) is 0 Å². The molecule has 3 nitrogen and oxygen atoms in total. The molecule has 1 atom stereocenters. The third-order valence-electron chi connectivity index (χ3n) is 1.60. The Bertz CT molecular complexity index is 112. The summed E-state index contributed by atoms with van der Waals surface area (Å²) in [6.45, 7) is 2.08. The van der Waals surface area contributed by atoms with E-state index in [1.165, 1.54) is 0 Å². The summed E-state index contributed by atoms with van der Waals surface area (Å²) >= 11 is 0. The van der Waals surface area contributed by atoms with Gasteiger partial charge in [0, 0.05) is 0 Å². The van der Waals surface area contributed by atoms with Gasteiger partial charge < -0.3 is 15.0 Å². The minimum Gasteiger partial charge on any atom is -0.547 e. The highest BCUT2D eigenvalue weighted by atomic mass is 16.4. The Morgan fingerprint density at radius 1 is 1.45 bits per heavy atom. The zero-order valence-electron chi connectivity index (χ0n) is 6.88. The molecule has 0 heterocycles. The summed E-state index contributed by atoms with van der Waals surface area (Å²) in [7, 11) is 0. The SMILES string of the molecule is CCCCCCC(O)C(=O)[O-]. The number of carbonyl (C=O) groups excluding carboxylic acids is 1. The topological polar surface area (TPSA) is 60.4 Å². The average Bonchev–Trinajstić information content (AvgIpc) is 1.97. The lowest BCUT2D eigenvalue weighted by atomic mass is 10.1. The third-order valence-corrected chi connectivity index (χ3v) is 1.60. The number of carbonyl (C=O) groups is 1. The van der Waals surface area contributed by atoms with Crippen LogP contribution in [0.1, 0.15) is 39.0 Å². The van der Waals surface area contributed by atoms with E-state index in [0.29, 0.717) is 6.42 Å². The zero-order chi connectivity index (χ0) is 8.69. The summed E-state index contributed by atoms with van der Waals surface area (Å²) < 4.78 is 0. The van der Waals surface area contributed by atoms with E-state index in [9.17, 15) is 9.90 Å². The van der Waals surface area contributed by atoms with Crippen LogP contribution >= 0.6 is 0 Å². The molecule has 0 radical (unpaired) electrons. The highest BCUT2D eigenvalue weighted by Gasteiger charge is 2.02. The van der Waals surface area contributed by atoms with Crippen molar-refractivity contribution in [2.45, 2.75) is 45.1 Å². The van der Waals surface area contributed by atoms with Crippen molar-refractivity contribution in [1.29, 1.82) is 0 Å². The van der Waals surface area contributed by atoms with Crippen molar-refractivity contribution in [3.05, 3.63) is 0 Å². The predicted molar refractivity (Wildman–Crippen MR) is 39.8 cm³/mol. The Balaban J connectivity index is 3.17. The van der Waals surface area contributed by atoms with Gasteiger partial charge in [0.15, 0.2) is 0 Å². The van der Waals surface area contributed by atoms with Gasteiger partial charge in [0.25, 0.3) is 0 Å². The number of hydrogen-bond acceptors (Lipinski definition) is 3. The highest BCUT2D eigenvalue weighted by Crippen LogP contribution is 2.04. The molecule has 66 valence electrons. The first kappa shape index (κ1) is 10.4. The summed E-state index contributed by atoms with van der Waals surface area (Å²) in [5.41, 5.74) is 0. The largest absolute Gasteiger partial charge is 0.547 e. The third kappa shape index (κ3) is 5.85. The molecule has 1 N–H and O–H groups in total. The van der Waals surface area contributed by atoms with Crippen LogP contribution in [0, 0.1) is 0 Å². The number of rotatable bonds is 6. The van der Waals surface area contributed by atoms with Gasteiger partial charge in [-0.05, 0) is 6.42 Å². The van der Waals surface area contributed by atoms with Crippen LogP contribution in [-0.2, 0) is 4.79 Å². The Morgan fingerprint density at radius 2 is 2.09 bits per heavy atom. The van der Waals surface area contributed by atoms with Crippen molar-refractivity contribution >= 4 is 5.97 Å². The van der Waals surface area contributed by atoms with Crippen LogP contribution in [0.3, 0.4) is 0 Å². The van der Waals surface area contributed by atoms with Crippen molar-refractivity contribution in [3.8, 4) is 0 Å². The normalized spacial score (nSPS) is 12.9. The van der Waals surface area contributed by atoms with Crippen molar-refractivity contribution in [2.75, 3.05) is 0 Å². The smallest absolute Gasteiger partial charge is 0.0933 e. The fourth-order valence-corrected chi connectivity index (χ4v) is 0.882. The van der Waals surface area contributed by atoms with E-state index in [2.05, 4.69) is 6.92 Å². The monoisotopic (exact) mass is 159 g/mol. The van der Waals surface area contributed by atoms with Gasteiger partial charge in [0.05, 0.1) is 12.1 Å². The Hall–Kier alpha value is -0.570. The fraction of sp³-hybridized carbons (Fsp3) is 0.875. The molecule has 0 aromatic rings. The van der Waals surface area contributed by atoms with E-state index < -0.39 is 12.1 Å². The van der Waals surface area contributed by atoms with Gasteiger partial charge >= 0.3 is 0 Å². The molecule has 0 saturated heterocycles. The number of aliphatic hydroxyl groups excluding tert-OH is 1. The molecule has 0 aromatic carbocycles. The molecule has 11 heavy (non-hydrogen) atoms. The first-order valence-corrected chi connectivity index (χ1v) is 4.07. The molecular formula is C8H15O3-. The van der Waals surface area contributed by atoms with Gasteiger partial charge in [-0.3, -0.25) is 0 Å². The average molecular weight is 159 g/mol. The number of carboxylic acids is 1. The van der Waals surface area contributed by atoms with Crippen molar-refractivity contribution in [2.24, 2.45) is 0 Å². The molecular weight excluding hydrogens is 144 g/mol. The molecule has 0 saturated carbocycles. The number of hydrogen-bond donors (Lipinski definition) is 1. The van der Waals surface area contributed by atoms with E-state index in [0.717, 1.165) is 25.7 Å². The first-order valence-electron chi connectivity index (χ1n) is 4.07. The molecule has 0 aliphatic rings. The standard InChI is InChI=1S/C8H16O3/c1-2-3-4-5-6-7(9)8(10)11/h7,9H,2-6H2,1H3,(H,10,11)/p-1. The van der Waals surface area contributed by atoms with Crippen molar-refractivity contribution < 1.29 is 15.0 Å². The summed E-state index contributed by atoms with van der Waals surface area (Å²) in [5.74, 6) is -1.36. The highest BCUT2D eigenvalue weighted by molar-refractivity contribution is 5.69. The predicted octanol–water partition coefficient (Wildman–Crippen LogP) is 0.0676. The number of aliphatic hydroxyl groups is 1. The molecule has 1 unspecified atom stereocenters. The summed E-state index contributed by atoms with van der Waals surface area (Å²) in [6, 6.07) is 0. The Morgan fingerprint density at radius 3 is 2.55 bits per heavy atom. The Kier molecular flexibility index (Phi) is 5.84. The van der Waals surface area contributed by atoms with Crippen LogP contribution in [0.4, 0.5) is 0 Å². The molecule has 0 aliphatic carbocycles. The molecule has 3 heteroatoms. The maximum atomic E-state index is 10.0. The lowest BCUT2D eigenvalue weighted by Gasteiger charge is -2.09. The van der Waals surface area contributed by atoms with Crippen LogP contribution in [0.15, 0.2) is 0 Å². The van der Waals surface area contributed by atoms with E-state index in [-0.39, 0.29) is 0 Å². The molecule has 0 bridgehead atoms. The minimum atomic E-state index is -1.36. The number of carboxylic acid groups (broad SMARTS) is 1. The second-order valence-electron chi connectivity index (χ2n) is 2.68. The second kappa shape index (κ2) is 6.16. The van der Waals surface area contributed by atoms with Gasteiger partial charge in [-0.1, -0.05) is 32.6 Å². The van der Waals surface area contributed by atoms with Crippen LogP contribution < -0.4 is 5.11 Å². The van der Waals surface area contributed by atoms with E-state index in [1.807, 2.05) is 0 Å². The van der Waals surface area contributed by atoms with Gasteiger partial charge in [0.1, 0.15) is 0 Å². The summed E-state index contributed by atoms with van der Waals surface area (Å²) in [4.78, 5) is 10.0. The van der Waals surface area contributed by atoms with Crippen molar-refractivity contribution in [3.63, 3.8) is 0 Å². The lowest BCUT2D eigenvalue weighted by molar-refractivity contribution is -0.315. The maximum absolute atomic E-state index is 10.0. The maximum Gasteiger partial charge on any atom is 0.0933 e. The summed E-state index contributed by atoms with van der Waals surface area (Å²) in [6.07, 6.45) is 3.01. The van der Waals surface area contributed by atoms with Crippen LogP contribution in [0.2, 0.25) is 0 Å². The first-order chi connectivity index (χ1) is 5.18. The van der Waals surface area contributed by atoms with Crippen molar-refractivity contribution in [1.82, 2.24) is 0 Å². The fourth-order valence-electron chi connectivity index (χ4n) is 0.882. The second-order valence-corrected chi connectivity index (χ2v) is 2.68. The van der Waals surface area contributed by atoms with E-state index in [1.54, 1.807) is 0 Å². The van der Waals surface area contributed by atoms with Gasteiger partial charge in [-0.2, -0.15) is 0 Å². The minimum absolute atomic E-state index is 0.322. The van der Waals surface area contributed by atoms with E-state index in [4.69, 9.17) is 5.11 Å². The molecule has 0 rings (SSSR count). The quantitative estimate of drug-likeness (QED) is 0.558. The molecule has 0 aromatic heterocycles. The molecule has 0 amide bonds. The molecule has 0 aliphatic heterocycles. The Labute approximate surface area is 67.0 Å². The number of aliphatic carboxylic acids is 1. The van der Waals surface area contributed by atoms with Gasteiger partial charge in [-0.25, -0.2) is 0 Å². The number of unbranched alkanes of at least 4 members (excludes halogenated alkanes) is 3. The molecule has 0 spiro atoms. The zero-order valence-corrected chi connectivity index (χ0v) is 6.88. The summed E-state index contributed by atoms with van der Waals surface area (Å²) in [5, 5.41) is 18.8. The molecule has 0 fully saturated rings. The van der Waals surface area contributed by atoms with E-state index >= 15 is 0 Å². The lowest BCUT2D eigenvalue weighted by Crippen LogP contribution is -2.35.